The highest BCUT2D eigenvalue weighted by molar-refractivity contribution is 6.30. The normalized spacial score (nSPS) is 10.3. The molecule has 0 radical (unpaired) electrons. The molecule has 0 unspecified atom stereocenters. The molecule has 1 amide bonds. The van der Waals surface area contributed by atoms with Gasteiger partial charge in [-0.3, -0.25) is 9.78 Å². The van der Waals surface area contributed by atoms with Gasteiger partial charge in [0, 0.05) is 23.0 Å². The predicted molar refractivity (Wildman–Crippen MR) is 87.9 cm³/mol. The van der Waals surface area contributed by atoms with E-state index >= 15 is 0 Å². The first-order chi connectivity index (χ1) is 11.2. The molecule has 1 N–H and O–H groups in total. The average Bonchev–Trinajstić information content (AvgIpc) is 2.61. The van der Waals surface area contributed by atoms with Gasteiger partial charge in [-0.2, -0.15) is 0 Å². The lowest BCUT2D eigenvalue weighted by Crippen LogP contribution is -2.24. The Balaban J connectivity index is 1.74. The van der Waals surface area contributed by atoms with Crippen LogP contribution < -0.4 is 5.32 Å². The van der Waals surface area contributed by atoms with Crippen molar-refractivity contribution in [1.82, 2.24) is 20.3 Å². The van der Waals surface area contributed by atoms with Crippen LogP contribution in [-0.4, -0.2) is 20.9 Å². The average molecular weight is 325 g/mol. The van der Waals surface area contributed by atoms with E-state index in [0.717, 1.165) is 11.3 Å². The van der Waals surface area contributed by atoms with Gasteiger partial charge in [-0.25, -0.2) is 9.97 Å². The van der Waals surface area contributed by atoms with Gasteiger partial charge in [-0.15, -0.1) is 0 Å². The number of hydrogen-bond donors (Lipinski definition) is 1. The van der Waals surface area contributed by atoms with E-state index in [1.165, 1.54) is 0 Å². The maximum absolute atomic E-state index is 12.2. The Bertz CT molecular complexity index is 806. The summed E-state index contributed by atoms with van der Waals surface area (Å²) in [6.45, 7) is 0.347. The van der Waals surface area contributed by atoms with Crippen LogP contribution in [0.4, 0.5) is 0 Å². The van der Waals surface area contributed by atoms with E-state index in [1.807, 2.05) is 30.3 Å². The number of pyridine rings is 1. The Morgan fingerprint density at radius 2 is 1.83 bits per heavy atom. The number of nitrogens with one attached hydrogen (secondary N) is 1. The summed E-state index contributed by atoms with van der Waals surface area (Å²) in [6.07, 6.45) is 3.25. The molecule has 0 aliphatic heterocycles. The van der Waals surface area contributed by atoms with Gasteiger partial charge in [0.05, 0.1) is 12.2 Å². The van der Waals surface area contributed by atoms with Crippen LogP contribution in [0.1, 0.15) is 16.2 Å². The minimum Gasteiger partial charge on any atom is -0.345 e. The predicted octanol–water partition coefficient (Wildman–Crippen LogP) is 3.12. The van der Waals surface area contributed by atoms with E-state index in [0.29, 0.717) is 23.1 Å². The van der Waals surface area contributed by atoms with Crippen molar-refractivity contribution in [2.45, 2.75) is 6.54 Å². The third-order valence-corrected chi connectivity index (χ3v) is 3.40. The van der Waals surface area contributed by atoms with E-state index in [1.54, 1.807) is 30.6 Å². The molecule has 114 valence electrons. The fourth-order valence-electron chi connectivity index (χ4n) is 1.99. The topological polar surface area (TPSA) is 67.8 Å². The maximum Gasteiger partial charge on any atom is 0.270 e. The van der Waals surface area contributed by atoms with E-state index in [-0.39, 0.29) is 5.91 Å². The summed E-state index contributed by atoms with van der Waals surface area (Å²) >= 11 is 5.87. The maximum atomic E-state index is 12.2. The molecule has 6 heteroatoms. The Labute approximate surface area is 138 Å². The van der Waals surface area contributed by atoms with Gasteiger partial charge in [0.15, 0.2) is 5.82 Å². The quantitative estimate of drug-likeness (QED) is 0.800. The highest BCUT2D eigenvalue weighted by Gasteiger charge is 2.10. The van der Waals surface area contributed by atoms with Crippen LogP contribution in [0.3, 0.4) is 0 Å². The zero-order valence-electron chi connectivity index (χ0n) is 12.1. The zero-order valence-corrected chi connectivity index (χ0v) is 12.9. The van der Waals surface area contributed by atoms with E-state index in [9.17, 15) is 4.79 Å². The van der Waals surface area contributed by atoms with Crippen LogP contribution in [-0.2, 0) is 6.54 Å². The SMILES string of the molecule is O=C(NCc1ccccn1)c1ccnc(-c2ccc(Cl)cc2)n1. The van der Waals surface area contributed by atoms with E-state index in [4.69, 9.17) is 11.6 Å². The van der Waals surface area contributed by atoms with Crippen molar-refractivity contribution in [1.29, 1.82) is 0 Å². The van der Waals surface area contributed by atoms with Crippen molar-refractivity contribution >= 4 is 17.5 Å². The standard InChI is InChI=1S/C17H13ClN4O/c18-13-6-4-12(5-7-13)16-20-10-8-15(22-16)17(23)21-11-14-3-1-2-9-19-14/h1-10H,11H2,(H,21,23). The molecule has 0 aliphatic rings. The number of benzene rings is 1. The largest absolute Gasteiger partial charge is 0.345 e. The van der Waals surface area contributed by atoms with Crippen molar-refractivity contribution in [3.63, 3.8) is 0 Å². The summed E-state index contributed by atoms with van der Waals surface area (Å²) in [7, 11) is 0. The number of amides is 1. The van der Waals surface area contributed by atoms with Gasteiger partial charge < -0.3 is 5.32 Å². The molecule has 23 heavy (non-hydrogen) atoms. The zero-order chi connectivity index (χ0) is 16.1. The second-order valence-corrected chi connectivity index (χ2v) is 5.21. The molecule has 2 aromatic heterocycles. The molecule has 0 fully saturated rings. The summed E-state index contributed by atoms with van der Waals surface area (Å²) in [5.41, 5.74) is 1.89. The Kier molecular flexibility index (Phi) is 4.59. The van der Waals surface area contributed by atoms with Crippen LogP contribution in [0.5, 0.6) is 0 Å². The number of carbonyl (C=O) groups is 1. The summed E-state index contributed by atoms with van der Waals surface area (Å²) in [5, 5.41) is 3.43. The smallest absolute Gasteiger partial charge is 0.270 e. The first kappa shape index (κ1) is 15.1. The summed E-state index contributed by atoms with van der Waals surface area (Å²) in [5.74, 6) is 0.209. The fourth-order valence-corrected chi connectivity index (χ4v) is 2.11. The number of halogens is 1. The molecular formula is C17H13ClN4O. The molecule has 0 bridgehead atoms. The number of nitrogens with zero attached hydrogens (tertiary/aromatic N) is 3. The van der Waals surface area contributed by atoms with Gasteiger partial charge >= 0.3 is 0 Å². The van der Waals surface area contributed by atoms with Crippen molar-refractivity contribution in [2.24, 2.45) is 0 Å². The summed E-state index contributed by atoms with van der Waals surface area (Å²) in [6, 6.07) is 14.3. The van der Waals surface area contributed by atoms with Crippen molar-refractivity contribution in [2.75, 3.05) is 0 Å². The monoisotopic (exact) mass is 324 g/mol. The van der Waals surface area contributed by atoms with Crippen LogP contribution in [0.15, 0.2) is 60.9 Å². The Morgan fingerprint density at radius 1 is 1.00 bits per heavy atom. The van der Waals surface area contributed by atoms with Crippen molar-refractivity contribution < 1.29 is 4.79 Å². The van der Waals surface area contributed by atoms with Gasteiger partial charge in [-0.05, 0) is 42.5 Å². The molecule has 0 atom stereocenters. The third kappa shape index (κ3) is 3.90. The van der Waals surface area contributed by atoms with Crippen molar-refractivity contribution in [3.8, 4) is 11.4 Å². The Hall–Kier alpha value is -2.79. The third-order valence-electron chi connectivity index (χ3n) is 3.15. The number of carbonyl (C=O) groups excluding carboxylic acids is 1. The van der Waals surface area contributed by atoms with Crippen molar-refractivity contribution in [3.05, 3.63) is 77.3 Å². The number of rotatable bonds is 4. The number of hydrogen-bond acceptors (Lipinski definition) is 4. The highest BCUT2D eigenvalue weighted by atomic mass is 35.5. The Morgan fingerprint density at radius 3 is 2.57 bits per heavy atom. The van der Waals surface area contributed by atoms with E-state index < -0.39 is 0 Å². The van der Waals surface area contributed by atoms with Crippen LogP contribution in [0, 0.1) is 0 Å². The lowest BCUT2D eigenvalue weighted by molar-refractivity contribution is 0.0945. The number of aromatic nitrogens is 3. The first-order valence-electron chi connectivity index (χ1n) is 6.99. The van der Waals surface area contributed by atoms with Gasteiger partial charge in [-0.1, -0.05) is 17.7 Å². The molecular weight excluding hydrogens is 312 g/mol. The van der Waals surface area contributed by atoms with Gasteiger partial charge in [0.1, 0.15) is 5.69 Å². The second-order valence-electron chi connectivity index (χ2n) is 4.78. The molecule has 0 saturated heterocycles. The molecule has 0 spiro atoms. The lowest BCUT2D eigenvalue weighted by atomic mass is 10.2. The minimum atomic E-state index is -0.270. The van der Waals surface area contributed by atoms with Gasteiger partial charge in [0.2, 0.25) is 0 Å². The van der Waals surface area contributed by atoms with Crippen LogP contribution >= 0.6 is 11.6 Å². The second kappa shape index (κ2) is 6.98. The molecule has 2 heterocycles. The molecule has 3 rings (SSSR count). The molecule has 0 aliphatic carbocycles. The minimum absolute atomic E-state index is 0.270. The first-order valence-corrected chi connectivity index (χ1v) is 7.37. The molecule has 0 saturated carbocycles. The molecule has 3 aromatic rings. The molecule has 1 aromatic carbocycles. The summed E-state index contributed by atoms with van der Waals surface area (Å²) in [4.78, 5) is 24.9. The molecule has 5 nitrogen and oxygen atoms in total. The van der Waals surface area contributed by atoms with Gasteiger partial charge in [0.25, 0.3) is 5.91 Å². The fraction of sp³-hybridized carbons (Fsp3) is 0.0588. The van der Waals surface area contributed by atoms with E-state index in [2.05, 4.69) is 20.3 Å². The van der Waals surface area contributed by atoms with Crippen LogP contribution in [0.2, 0.25) is 5.02 Å². The highest BCUT2D eigenvalue weighted by Crippen LogP contribution is 2.17. The summed E-state index contributed by atoms with van der Waals surface area (Å²) < 4.78 is 0. The lowest BCUT2D eigenvalue weighted by Gasteiger charge is -2.06. The van der Waals surface area contributed by atoms with Crippen LogP contribution in [0.25, 0.3) is 11.4 Å².